The van der Waals surface area contributed by atoms with Gasteiger partial charge in [0.1, 0.15) is 17.2 Å². The summed E-state index contributed by atoms with van der Waals surface area (Å²) in [5.74, 6) is -0.463. The predicted octanol–water partition coefficient (Wildman–Crippen LogP) is 5.92. The van der Waals surface area contributed by atoms with E-state index < -0.39 is 11.7 Å². The van der Waals surface area contributed by atoms with Crippen molar-refractivity contribution in [3.05, 3.63) is 78.9 Å². The molecule has 3 rings (SSSR count). The molecule has 0 bridgehead atoms. The van der Waals surface area contributed by atoms with Gasteiger partial charge in [-0.1, -0.05) is 31.4 Å². The number of aromatic nitrogens is 2. The molecule has 0 atom stereocenters. The molecule has 0 aliphatic carbocycles. The highest BCUT2D eigenvalue weighted by Gasteiger charge is 2.22. The fourth-order valence-electron chi connectivity index (χ4n) is 3.68. The van der Waals surface area contributed by atoms with Gasteiger partial charge in [-0.2, -0.15) is 0 Å². The molecular weight excluding hydrogens is 405 g/mol. The Morgan fingerprint density at radius 3 is 2.62 bits per heavy atom. The lowest BCUT2D eigenvalue weighted by atomic mass is 10.0. The number of amides is 1. The summed E-state index contributed by atoms with van der Waals surface area (Å²) in [6.07, 6.45) is 4.96. The van der Waals surface area contributed by atoms with E-state index in [0.717, 1.165) is 22.3 Å². The molecule has 1 aromatic carbocycles. The third-order valence-electron chi connectivity index (χ3n) is 5.37. The van der Waals surface area contributed by atoms with Crippen molar-refractivity contribution in [2.75, 3.05) is 13.7 Å². The summed E-state index contributed by atoms with van der Waals surface area (Å²) in [5.41, 5.74) is 3.58. The highest BCUT2D eigenvalue weighted by atomic mass is 19.1. The summed E-state index contributed by atoms with van der Waals surface area (Å²) in [4.78, 5) is 22.1. The van der Waals surface area contributed by atoms with Crippen LogP contribution in [0.1, 0.15) is 26.3 Å². The lowest BCUT2D eigenvalue weighted by molar-refractivity contribution is -0.128. The van der Waals surface area contributed by atoms with Crippen molar-refractivity contribution in [1.82, 2.24) is 14.9 Å². The second-order valence-electron chi connectivity index (χ2n) is 7.70. The van der Waals surface area contributed by atoms with Gasteiger partial charge < -0.3 is 14.6 Å². The number of nitrogens with zero attached hydrogens (tertiary/aromatic N) is 2. The average molecular weight is 434 g/mol. The van der Waals surface area contributed by atoms with Crippen LogP contribution in [0.2, 0.25) is 0 Å². The number of H-pyrrole nitrogens is 1. The fraction of sp³-hybridized carbons (Fsp3) is 0.231. The van der Waals surface area contributed by atoms with Crippen LogP contribution < -0.4 is 4.74 Å². The number of halogens is 1. The van der Waals surface area contributed by atoms with Crippen molar-refractivity contribution in [3.63, 3.8) is 0 Å². The summed E-state index contributed by atoms with van der Waals surface area (Å²) in [5, 5.41) is 0.867. The van der Waals surface area contributed by atoms with Gasteiger partial charge in [0, 0.05) is 47.1 Å². The molecule has 3 aromatic rings. The maximum Gasteiger partial charge on any atom is 0.257 e. The van der Waals surface area contributed by atoms with Crippen molar-refractivity contribution in [3.8, 4) is 16.9 Å². The van der Waals surface area contributed by atoms with Gasteiger partial charge in [0.05, 0.1) is 12.7 Å². The Kier molecular flexibility index (Phi) is 6.93. The maximum absolute atomic E-state index is 14.2. The van der Waals surface area contributed by atoms with Gasteiger partial charge in [0.15, 0.2) is 0 Å². The van der Waals surface area contributed by atoms with Gasteiger partial charge in [0.2, 0.25) is 0 Å². The average Bonchev–Trinajstić information content (AvgIpc) is 3.20. The Morgan fingerprint density at radius 2 is 2.00 bits per heavy atom. The second-order valence-corrected chi connectivity index (χ2v) is 7.70. The van der Waals surface area contributed by atoms with Crippen molar-refractivity contribution >= 4 is 22.5 Å². The summed E-state index contributed by atoms with van der Waals surface area (Å²) >= 11 is 0. The van der Waals surface area contributed by atoms with E-state index in [9.17, 15) is 9.18 Å². The molecule has 6 heteroatoms. The Balaban J connectivity index is 2.04. The molecule has 0 radical (unpaired) electrons. The number of likely N-dealkylation sites (N-methyl/N-ethyl adjacent to an activating group) is 1. The molecule has 0 unspecified atom stereocenters. The normalized spacial score (nSPS) is 11.6. The number of ether oxygens (including phenoxy) is 1. The third kappa shape index (κ3) is 4.49. The van der Waals surface area contributed by atoms with E-state index in [4.69, 9.17) is 4.74 Å². The number of carbonyl (C=O) groups is 1. The first-order valence-corrected chi connectivity index (χ1v) is 10.5. The number of methoxy groups -OCH3 is 1. The van der Waals surface area contributed by atoms with E-state index in [2.05, 4.69) is 23.1 Å². The topological polar surface area (TPSA) is 58.2 Å². The number of pyridine rings is 1. The van der Waals surface area contributed by atoms with Crippen LogP contribution in [-0.2, 0) is 4.79 Å². The minimum Gasteiger partial charge on any atom is -0.496 e. The number of rotatable bonds is 8. The third-order valence-corrected chi connectivity index (χ3v) is 5.37. The smallest absolute Gasteiger partial charge is 0.257 e. The van der Waals surface area contributed by atoms with Crippen molar-refractivity contribution in [2.45, 2.75) is 26.8 Å². The number of para-hydroxylation sites is 1. The van der Waals surface area contributed by atoms with Crippen molar-refractivity contribution in [2.24, 2.45) is 0 Å². The Labute approximate surface area is 187 Å². The standard InChI is InChI=1S/C26H28FN3O2/c1-7-30(16(2)3)26(31)21(18(5)27)12-17(4)19-13-22-23(15-29-25(22)28-14-19)20-10-8-9-11-24(20)32-6/h8-16H,4-5,7H2,1-3,6H3,(H,28,29)/b21-12+. The first kappa shape index (κ1) is 23.0. The molecule has 0 spiro atoms. The zero-order valence-electron chi connectivity index (χ0n) is 18.9. The Bertz CT molecular complexity index is 1210. The first-order chi connectivity index (χ1) is 15.3. The summed E-state index contributed by atoms with van der Waals surface area (Å²) in [6, 6.07) is 9.57. The largest absolute Gasteiger partial charge is 0.496 e. The van der Waals surface area contributed by atoms with Crippen LogP contribution in [0.4, 0.5) is 4.39 Å². The van der Waals surface area contributed by atoms with Gasteiger partial charge in [-0.05, 0) is 44.6 Å². The lowest BCUT2D eigenvalue weighted by Gasteiger charge is -2.26. The van der Waals surface area contributed by atoms with Crippen molar-refractivity contribution in [1.29, 1.82) is 0 Å². The number of benzene rings is 1. The number of hydrogen-bond donors (Lipinski definition) is 1. The van der Waals surface area contributed by atoms with Crippen LogP contribution in [0.15, 0.2) is 73.4 Å². The van der Waals surface area contributed by atoms with Crippen LogP contribution in [0.3, 0.4) is 0 Å². The molecule has 0 saturated carbocycles. The minimum atomic E-state index is -0.791. The molecule has 1 N–H and O–H groups in total. The zero-order chi connectivity index (χ0) is 23.4. The fourth-order valence-corrected chi connectivity index (χ4v) is 3.68. The molecular formula is C26H28FN3O2. The lowest BCUT2D eigenvalue weighted by Crippen LogP contribution is -2.37. The minimum absolute atomic E-state index is 0.0650. The highest BCUT2D eigenvalue weighted by Crippen LogP contribution is 2.35. The first-order valence-electron chi connectivity index (χ1n) is 10.5. The van der Waals surface area contributed by atoms with E-state index in [1.54, 1.807) is 18.2 Å². The van der Waals surface area contributed by atoms with Gasteiger partial charge >= 0.3 is 0 Å². The molecule has 166 valence electrons. The summed E-state index contributed by atoms with van der Waals surface area (Å²) in [6.45, 7) is 13.5. The van der Waals surface area contributed by atoms with E-state index in [-0.39, 0.29) is 11.6 Å². The van der Waals surface area contributed by atoms with E-state index in [0.29, 0.717) is 23.3 Å². The van der Waals surface area contributed by atoms with E-state index in [1.165, 1.54) is 6.08 Å². The van der Waals surface area contributed by atoms with Gasteiger partial charge in [0.25, 0.3) is 5.91 Å². The number of aromatic amines is 1. The highest BCUT2D eigenvalue weighted by molar-refractivity contribution is 6.01. The van der Waals surface area contributed by atoms with E-state index in [1.807, 2.05) is 57.3 Å². The summed E-state index contributed by atoms with van der Waals surface area (Å²) in [7, 11) is 1.63. The van der Waals surface area contributed by atoms with Gasteiger partial charge in [-0.25, -0.2) is 9.37 Å². The summed E-state index contributed by atoms with van der Waals surface area (Å²) < 4.78 is 19.7. The molecule has 5 nitrogen and oxygen atoms in total. The number of hydrogen-bond acceptors (Lipinski definition) is 3. The molecule has 32 heavy (non-hydrogen) atoms. The molecule has 2 aromatic heterocycles. The van der Waals surface area contributed by atoms with Gasteiger partial charge in [-0.15, -0.1) is 0 Å². The van der Waals surface area contributed by atoms with Crippen LogP contribution in [0.25, 0.3) is 27.7 Å². The molecule has 0 aliphatic rings. The zero-order valence-corrected chi connectivity index (χ0v) is 18.9. The maximum atomic E-state index is 14.2. The molecule has 0 aliphatic heterocycles. The SMILES string of the molecule is C=C(F)/C(=C\C(=C)c1cnc2[nH]cc(-c3ccccc3OC)c2c1)C(=O)N(CC)C(C)C. The molecule has 2 heterocycles. The van der Waals surface area contributed by atoms with Crippen molar-refractivity contribution < 1.29 is 13.9 Å². The number of fused-ring (bicyclic) bond motifs is 1. The van der Waals surface area contributed by atoms with Gasteiger partial charge in [-0.3, -0.25) is 4.79 Å². The number of carbonyl (C=O) groups excluding carboxylic acids is 1. The van der Waals surface area contributed by atoms with Crippen LogP contribution in [-0.4, -0.2) is 40.5 Å². The monoisotopic (exact) mass is 433 g/mol. The second kappa shape index (κ2) is 9.64. The Hall–Kier alpha value is -3.67. The Morgan fingerprint density at radius 1 is 1.28 bits per heavy atom. The van der Waals surface area contributed by atoms with Crippen LogP contribution >= 0.6 is 0 Å². The number of nitrogens with one attached hydrogen (secondary N) is 1. The van der Waals surface area contributed by atoms with Crippen LogP contribution in [0.5, 0.6) is 5.75 Å². The quantitative estimate of drug-likeness (QED) is 0.354. The van der Waals surface area contributed by atoms with E-state index >= 15 is 0 Å². The molecule has 1 amide bonds. The number of allylic oxidation sites excluding steroid dienone is 2. The van der Waals surface area contributed by atoms with Crippen LogP contribution in [0, 0.1) is 0 Å². The molecule has 0 fully saturated rings. The predicted molar refractivity (Wildman–Crippen MR) is 128 cm³/mol. The molecule has 0 saturated heterocycles.